The van der Waals surface area contributed by atoms with E-state index in [2.05, 4.69) is 0 Å². The maximum Gasteiger partial charge on any atom is 0.207 e. The van der Waals surface area contributed by atoms with Crippen LogP contribution in [0.1, 0.15) is 0 Å². The first-order chi connectivity index (χ1) is 9.16. The van der Waals surface area contributed by atoms with E-state index in [4.69, 9.17) is 4.42 Å². The van der Waals surface area contributed by atoms with Crippen LogP contribution in [0.25, 0.3) is 22.3 Å². The molecule has 1 aromatic heterocycles. The zero-order chi connectivity index (χ0) is 13.4. The summed E-state index contributed by atoms with van der Waals surface area (Å²) in [5, 5.41) is 9.44. The lowest BCUT2D eigenvalue weighted by Crippen LogP contribution is -2.01. The van der Waals surface area contributed by atoms with Crippen LogP contribution in [0, 0.1) is 5.82 Å². The largest absolute Gasteiger partial charge is 0.505 e. The van der Waals surface area contributed by atoms with Crippen molar-refractivity contribution in [3.8, 4) is 17.1 Å². The summed E-state index contributed by atoms with van der Waals surface area (Å²) in [5.74, 6) is -1.20. The van der Waals surface area contributed by atoms with Gasteiger partial charge in [0.1, 0.15) is 5.76 Å². The van der Waals surface area contributed by atoms with Crippen molar-refractivity contribution in [2.75, 3.05) is 0 Å². The summed E-state index contributed by atoms with van der Waals surface area (Å²) in [7, 11) is 0. The van der Waals surface area contributed by atoms with Crippen LogP contribution < -0.4 is 5.43 Å². The van der Waals surface area contributed by atoms with Crippen LogP contribution in [0.2, 0.25) is 0 Å². The molecular weight excluding hydrogens is 247 g/mol. The summed E-state index contributed by atoms with van der Waals surface area (Å²) >= 11 is 0. The molecule has 0 radical (unpaired) electrons. The van der Waals surface area contributed by atoms with Crippen LogP contribution in [0.4, 0.5) is 4.39 Å². The van der Waals surface area contributed by atoms with E-state index in [0.29, 0.717) is 5.56 Å². The molecule has 1 heterocycles. The SMILES string of the molecule is O=c1cc(-c2ccccc2)oc2c(F)c(O)ccc12. The lowest BCUT2D eigenvalue weighted by molar-refractivity contribution is 0.428. The molecule has 0 saturated heterocycles. The van der Waals surface area contributed by atoms with Crippen LogP contribution in [0.5, 0.6) is 5.75 Å². The van der Waals surface area contributed by atoms with Crippen LogP contribution >= 0.6 is 0 Å². The van der Waals surface area contributed by atoms with E-state index in [1.54, 1.807) is 24.3 Å². The van der Waals surface area contributed by atoms with E-state index < -0.39 is 11.6 Å². The Hall–Kier alpha value is -2.62. The summed E-state index contributed by atoms with van der Waals surface area (Å²) in [6.07, 6.45) is 0. The quantitative estimate of drug-likeness (QED) is 0.726. The Morgan fingerprint density at radius 1 is 1.05 bits per heavy atom. The van der Waals surface area contributed by atoms with Gasteiger partial charge in [0.15, 0.2) is 16.8 Å². The van der Waals surface area contributed by atoms with E-state index >= 15 is 0 Å². The summed E-state index contributed by atoms with van der Waals surface area (Å²) in [5.41, 5.74) is 0.0922. The second-order valence-corrected chi connectivity index (χ2v) is 4.12. The first-order valence-electron chi connectivity index (χ1n) is 5.67. The summed E-state index contributed by atoms with van der Waals surface area (Å²) < 4.78 is 19.2. The van der Waals surface area contributed by atoms with Crippen molar-refractivity contribution < 1.29 is 13.9 Å². The highest BCUT2D eigenvalue weighted by atomic mass is 19.1. The third-order valence-corrected chi connectivity index (χ3v) is 2.87. The predicted molar refractivity (Wildman–Crippen MR) is 69.5 cm³/mol. The smallest absolute Gasteiger partial charge is 0.207 e. The number of halogens is 1. The number of phenolic OH excluding ortho intramolecular Hbond substituents is 1. The summed E-state index contributed by atoms with van der Waals surface area (Å²) in [6, 6.07) is 12.7. The van der Waals surface area contributed by atoms with Crippen LogP contribution in [-0.2, 0) is 0 Å². The van der Waals surface area contributed by atoms with Crippen LogP contribution in [-0.4, -0.2) is 5.11 Å². The number of phenols is 1. The van der Waals surface area contributed by atoms with Gasteiger partial charge in [0.05, 0.1) is 5.39 Å². The molecule has 0 aliphatic heterocycles. The third-order valence-electron chi connectivity index (χ3n) is 2.87. The highest BCUT2D eigenvalue weighted by Crippen LogP contribution is 2.27. The molecule has 0 fully saturated rings. The average Bonchev–Trinajstić information content (AvgIpc) is 2.44. The second-order valence-electron chi connectivity index (χ2n) is 4.12. The van der Waals surface area contributed by atoms with Gasteiger partial charge in [0.25, 0.3) is 0 Å². The topological polar surface area (TPSA) is 50.4 Å². The third kappa shape index (κ3) is 1.87. The molecule has 3 rings (SSSR count). The van der Waals surface area contributed by atoms with Crippen molar-refractivity contribution in [2.45, 2.75) is 0 Å². The van der Waals surface area contributed by atoms with E-state index in [0.717, 1.165) is 6.07 Å². The van der Waals surface area contributed by atoms with Gasteiger partial charge in [0.2, 0.25) is 5.82 Å². The average molecular weight is 256 g/mol. The van der Waals surface area contributed by atoms with E-state index in [-0.39, 0.29) is 22.2 Å². The number of rotatable bonds is 1. The van der Waals surface area contributed by atoms with Gasteiger partial charge in [-0.25, -0.2) is 0 Å². The van der Waals surface area contributed by atoms with E-state index in [1.165, 1.54) is 12.1 Å². The number of aromatic hydroxyl groups is 1. The Balaban J connectivity index is 2.36. The van der Waals surface area contributed by atoms with Gasteiger partial charge in [-0.1, -0.05) is 30.3 Å². The molecule has 0 unspecified atom stereocenters. The van der Waals surface area contributed by atoms with Gasteiger partial charge in [-0.3, -0.25) is 4.79 Å². The summed E-state index contributed by atoms with van der Waals surface area (Å²) in [4.78, 5) is 11.9. The fraction of sp³-hybridized carbons (Fsp3) is 0. The number of hydrogen-bond donors (Lipinski definition) is 1. The molecule has 4 heteroatoms. The monoisotopic (exact) mass is 256 g/mol. The Labute approximate surface area is 107 Å². The lowest BCUT2D eigenvalue weighted by atomic mass is 10.1. The molecule has 0 bridgehead atoms. The van der Waals surface area contributed by atoms with Crippen LogP contribution in [0.3, 0.4) is 0 Å². The molecular formula is C15H9FO3. The van der Waals surface area contributed by atoms with Gasteiger partial charge >= 0.3 is 0 Å². The second kappa shape index (κ2) is 4.24. The normalized spacial score (nSPS) is 10.8. The van der Waals surface area contributed by atoms with Crippen molar-refractivity contribution in [1.82, 2.24) is 0 Å². The molecule has 2 aromatic carbocycles. The number of benzene rings is 2. The zero-order valence-corrected chi connectivity index (χ0v) is 9.76. The highest BCUT2D eigenvalue weighted by molar-refractivity contribution is 5.80. The van der Waals surface area contributed by atoms with Crippen molar-refractivity contribution in [1.29, 1.82) is 0 Å². The van der Waals surface area contributed by atoms with Crippen molar-refractivity contribution in [2.24, 2.45) is 0 Å². The molecule has 3 aromatic rings. The Morgan fingerprint density at radius 3 is 2.53 bits per heavy atom. The molecule has 0 amide bonds. The predicted octanol–water partition coefficient (Wildman–Crippen LogP) is 3.30. The fourth-order valence-electron chi connectivity index (χ4n) is 1.92. The van der Waals surface area contributed by atoms with Crippen molar-refractivity contribution in [3.63, 3.8) is 0 Å². The molecule has 19 heavy (non-hydrogen) atoms. The molecule has 0 spiro atoms. The van der Waals surface area contributed by atoms with Gasteiger partial charge in [-0.2, -0.15) is 4.39 Å². The number of fused-ring (bicyclic) bond motifs is 1. The Kier molecular flexibility index (Phi) is 2.56. The van der Waals surface area contributed by atoms with Gasteiger partial charge in [-0.05, 0) is 12.1 Å². The molecule has 0 saturated carbocycles. The number of hydrogen-bond acceptors (Lipinski definition) is 3. The Bertz CT molecular complexity index is 807. The van der Waals surface area contributed by atoms with E-state index in [1.807, 2.05) is 6.07 Å². The molecule has 94 valence electrons. The molecule has 1 N–H and O–H groups in total. The lowest BCUT2D eigenvalue weighted by Gasteiger charge is -2.04. The van der Waals surface area contributed by atoms with Crippen LogP contribution in [0.15, 0.2) is 57.7 Å². The highest BCUT2D eigenvalue weighted by Gasteiger charge is 2.13. The summed E-state index contributed by atoms with van der Waals surface area (Å²) in [6.45, 7) is 0. The maximum absolute atomic E-state index is 13.8. The molecule has 3 nitrogen and oxygen atoms in total. The minimum atomic E-state index is -0.924. The molecule has 0 aliphatic rings. The standard InChI is InChI=1S/C15H9FO3/c16-14-11(17)7-6-10-12(18)8-13(19-15(10)14)9-4-2-1-3-5-9/h1-8,17H. The van der Waals surface area contributed by atoms with Gasteiger partial charge < -0.3 is 9.52 Å². The Morgan fingerprint density at radius 2 is 1.79 bits per heavy atom. The first-order valence-corrected chi connectivity index (χ1v) is 5.67. The molecule has 0 atom stereocenters. The van der Waals surface area contributed by atoms with Crippen molar-refractivity contribution in [3.05, 3.63) is 64.6 Å². The van der Waals surface area contributed by atoms with E-state index in [9.17, 15) is 14.3 Å². The minimum absolute atomic E-state index is 0.106. The minimum Gasteiger partial charge on any atom is -0.505 e. The fourth-order valence-corrected chi connectivity index (χ4v) is 1.92. The molecule has 0 aliphatic carbocycles. The van der Waals surface area contributed by atoms with Crippen molar-refractivity contribution >= 4 is 11.0 Å². The first kappa shape index (κ1) is 11.5. The van der Waals surface area contributed by atoms with Gasteiger partial charge in [-0.15, -0.1) is 0 Å². The zero-order valence-electron chi connectivity index (χ0n) is 9.76. The maximum atomic E-state index is 13.8. The van der Waals surface area contributed by atoms with Gasteiger partial charge in [0, 0.05) is 11.6 Å².